The molecule has 94 valence electrons. The van der Waals surface area contributed by atoms with Gasteiger partial charge in [-0.1, -0.05) is 12.1 Å². The largest absolute Gasteiger partial charge is 0.448 e. The minimum atomic E-state index is -1.87. The van der Waals surface area contributed by atoms with E-state index in [2.05, 4.69) is 9.72 Å². The van der Waals surface area contributed by atoms with E-state index in [0.29, 0.717) is 0 Å². The molecule has 1 heterocycles. The Bertz CT molecular complexity index is 576. The van der Waals surface area contributed by atoms with Crippen LogP contribution in [0.5, 0.6) is 11.5 Å². The first-order valence-electron chi connectivity index (χ1n) is 4.63. The van der Waals surface area contributed by atoms with Crippen molar-refractivity contribution in [3.8, 4) is 11.5 Å². The highest BCUT2D eigenvalue weighted by Crippen LogP contribution is 2.30. The predicted octanol–water partition coefficient (Wildman–Crippen LogP) is 3.57. The van der Waals surface area contributed by atoms with Gasteiger partial charge >= 0.3 is 0 Å². The highest BCUT2D eigenvalue weighted by molar-refractivity contribution is 5.33. The molecule has 0 aliphatic heterocycles. The minimum Gasteiger partial charge on any atom is -0.448 e. The predicted molar refractivity (Wildman–Crippen MR) is 50.5 cm³/mol. The lowest BCUT2D eigenvalue weighted by Crippen LogP contribution is -2.03. The number of benzene rings is 1. The fourth-order valence-corrected chi connectivity index (χ4v) is 1.20. The van der Waals surface area contributed by atoms with Gasteiger partial charge in [-0.25, -0.2) is 4.39 Å². The van der Waals surface area contributed by atoms with Crippen LogP contribution in [0.1, 0.15) is 0 Å². The molecule has 1 aromatic heterocycles. The van der Waals surface area contributed by atoms with Crippen LogP contribution in [-0.4, -0.2) is 4.98 Å². The summed E-state index contributed by atoms with van der Waals surface area (Å²) in [7, 11) is 0. The number of halogens is 5. The molecule has 0 saturated carbocycles. The van der Waals surface area contributed by atoms with Crippen molar-refractivity contribution in [1.82, 2.24) is 4.98 Å². The quantitative estimate of drug-likeness (QED) is 0.609. The van der Waals surface area contributed by atoms with Crippen molar-refractivity contribution in [1.29, 1.82) is 0 Å². The SMILES string of the molecule is Fc1ccccc1Oc1c(F)c(F)nc(F)c1F. The third-order valence-electron chi connectivity index (χ3n) is 2.01. The van der Waals surface area contributed by atoms with Crippen molar-refractivity contribution in [3.63, 3.8) is 0 Å². The molecule has 0 aliphatic carbocycles. The first-order chi connectivity index (χ1) is 8.50. The number of rotatable bonds is 2. The van der Waals surface area contributed by atoms with Gasteiger partial charge in [-0.05, 0) is 12.1 Å². The molecule has 0 saturated heterocycles. The van der Waals surface area contributed by atoms with Crippen molar-refractivity contribution < 1.29 is 26.7 Å². The molecule has 0 radical (unpaired) electrons. The number of nitrogens with zero attached hydrogens (tertiary/aromatic N) is 1. The molecule has 2 nitrogen and oxygen atoms in total. The summed E-state index contributed by atoms with van der Waals surface area (Å²) in [6.07, 6.45) is 0. The second kappa shape index (κ2) is 4.59. The second-order valence-electron chi connectivity index (χ2n) is 3.18. The van der Waals surface area contributed by atoms with Crippen LogP contribution in [0.25, 0.3) is 0 Å². The fourth-order valence-electron chi connectivity index (χ4n) is 1.20. The van der Waals surface area contributed by atoms with Crippen LogP contribution < -0.4 is 4.74 Å². The summed E-state index contributed by atoms with van der Waals surface area (Å²) in [4.78, 5) is 2.34. The topological polar surface area (TPSA) is 22.1 Å². The van der Waals surface area contributed by atoms with Gasteiger partial charge in [-0.2, -0.15) is 22.5 Å². The van der Waals surface area contributed by atoms with Crippen LogP contribution in [-0.2, 0) is 0 Å². The Labute approximate surface area is 97.6 Å². The van der Waals surface area contributed by atoms with E-state index in [4.69, 9.17) is 0 Å². The number of hydrogen-bond acceptors (Lipinski definition) is 2. The van der Waals surface area contributed by atoms with Crippen LogP contribution in [0.2, 0.25) is 0 Å². The first-order valence-corrected chi connectivity index (χ1v) is 4.63. The summed E-state index contributed by atoms with van der Waals surface area (Å²) in [5, 5.41) is 0. The summed E-state index contributed by atoms with van der Waals surface area (Å²) < 4.78 is 69.5. The zero-order valence-corrected chi connectivity index (χ0v) is 8.55. The van der Waals surface area contributed by atoms with Gasteiger partial charge in [-0.3, -0.25) is 0 Å². The summed E-state index contributed by atoms with van der Waals surface area (Å²) in [6, 6.07) is 4.63. The normalized spacial score (nSPS) is 10.5. The van der Waals surface area contributed by atoms with Crippen LogP contribution in [0.15, 0.2) is 24.3 Å². The highest BCUT2D eigenvalue weighted by atomic mass is 19.2. The average molecular weight is 261 g/mol. The molecule has 0 amide bonds. The van der Waals surface area contributed by atoms with E-state index in [0.717, 1.165) is 12.1 Å². The number of pyridine rings is 1. The Morgan fingerprint density at radius 1 is 0.833 bits per heavy atom. The second-order valence-corrected chi connectivity index (χ2v) is 3.18. The average Bonchev–Trinajstić information content (AvgIpc) is 2.34. The van der Waals surface area contributed by atoms with Crippen molar-refractivity contribution in [2.75, 3.05) is 0 Å². The molecular formula is C11H4F5NO. The maximum absolute atomic E-state index is 13.2. The van der Waals surface area contributed by atoms with Gasteiger partial charge in [0.15, 0.2) is 11.6 Å². The highest BCUT2D eigenvalue weighted by Gasteiger charge is 2.23. The van der Waals surface area contributed by atoms with Gasteiger partial charge in [0.25, 0.3) is 11.9 Å². The van der Waals surface area contributed by atoms with Gasteiger partial charge in [0.1, 0.15) is 0 Å². The van der Waals surface area contributed by atoms with Crippen LogP contribution in [0.3, 0.4) is 0 Å². The van der Waals surface area contributed by atoms with Crippen LogP contribution in [0, 0.1) is 29.3 Å². The number of hydrogen-bond donors (Lipinski definition) is 0. The Morgan fingerprint density at radius 2 is 1.39 bits per heavy atom. The van der Waals surface area contributed by atoms with E-state index in [1.54, 1.807) is 0 Å². The molecule has 0 aliphatic rings. The Morgan fingerprint density at radius 3 is 1.94 bits per heavy atom. The van der Waals surface area contributed by atoms with Crippen molar-refractivity contribution in [2.45, 2.75) is 0 Å². The molecule has 0 fully saturated rings. The van der Waals surface area contributed by atoms with E-state index in [1.165, 1.54) is 12.1 Å². The zero-order valence-electron chi connectivity index (χ0n) is 8.55. The zero-order chi connectivity index (χ0) is 13.3. The van der Waals surface area contributed by atoms with E-state index in [1.807, 2.05) is 0 Å². The van der Waals surface area contributed by atoms with Gasteiger partial charge < -0.3 is 4.74 Å². The Kier molecular flexibility index (Phi) is 3.14. The standard InChI is InChI=1S/C11H4F5NO/c12-5-3-1-2-4-6(5)18-9-7(13)10(15)17-11(16)8(9)14/h1-4H. The number of ether oxygens (including phenoxy) is 1. The molecule has 0 unspecified atom stereocenters. The summed E-state index contributed by atoms with van der Waals surface area (Å²) in [6.45, 7) is 0. The van der Waals surface area contributed by atoms with Gasteiger partial charge in [-0.15, -0.1) is 0 Å². The van der Waals surface area contributed by atoms with E-state index >= 15 is 0 Å². The molecule has 18 heavy (non-hydrogen) atoms. The molecule has 1 aromatic carbocycles. The van der Waals surface area contributed by atoms with Crippen molar-refractivity contribution >= 4 is 0 Å². The fraction of sp³-hybridized carbons (Fsp3) is 0. The third-order valence-corrected chi connectivity index (χ3v) is 2.01. The maximum Gasteiger partial charge on any atom is 0.255 e. The van der Waals surface area contributed by atoms with Crippen LogP contribution >= 0.6 is 0 Å². The molecule has 2 aromatic rings. The molecule has 0 atom stereocenters. The smallest absolute Gasteiger partial charge is 0.255 e. The maximum atomic E-state index is 13.2. The molecular weight excluding hydrogens is 257 g/mol. The summed E-state index contributed by atoms with van der Waals surface area (Å²) in [5.41, 5.74) is 0. The molecule has 2 rings (SSSR count). The summed E-state index contributed by atoms with van der Waals surface area (Å²) in [5.74, 6) is -10.3. The van der Waals surface area contributed by atoms with Gasteiger partial charge in [0.2, 0.25) is 17.4 Å². The lowest BCUT2D eigenvalue weighted by molar-refractivity contribution is 0.335. The van der Waals surface area contributed by atoms with Gasteiger partial charge in [0.05, 0.1) is 0 Å². The van der Waals surface area contributed by atoms with E-state index in [-0.39, 0.29) is 0 Å². The lowest BCUT2D eigenvalue weighted by atomic mass is 10.3. The Balaban J connectivity index is 2.50. The minimum absolute atomic E-state index is 0.569. The van der Waals surface area contributed by atoms with Gasteiger partial charge in [0, 0.05) is 0 Å². The molecule has 7 heteroatoms. The van der Waals surface area contributed by atoms with Crippen molar-refractivity contribution in [2.24, 2.45) is 0 Å². The number of aromatic nitrogens is 1. The van der Waals surface area contributed by atoms with Crippen molar-refractivity contribution in [3.05, 3.63) is 53.6 Å². The lowest BCUT2D eigenvalue weighted by Gasteiger charge is -2.08. The molecule has 0 N–H and O–H groups in total. The Hall–Kier alpha value is -2.18. The molecule has 0 bridgehead atoms. The first kappa shape index (κ1) is 12.3. The van der Waals surface area contributed by atoms with E-state index in [9.17, 15) is 22.0 Å². The number of para-hydroxylation sites is 1. The van der Waals surface area contributed by atoms with E-state index < -0.39 is 40.8 Å². The summed E-state index contributed by atoms with van der Waals surface area (Å²) >= 11 is 0. The third kappa shape index (κ3) is 2.11. The molecule has 0 spiro atoms. The van der Waals surface area contributed by atoms with Crippen LogP contribution in [0.4, 0.5) is 22.0 Å². The monoisotopic (exact) mass is 261 g/mol.